The van der Waals surface area contributed by atoms with Crippen molar-refractivity contribution in [1.82, 2.24) is 59.3 Å². The van der Waals surface area contributed by atoms with Crippen molar-refractivity contribution in [2.24, 2.45) is 0 Å². The van der Waals surface area contributed by atoms with E-state index in [1.165, 1.54) is 107 Å². The summed E-state index contributed by atoms with van der Waals surface area (Å²) in [5, 5.41) is 116. The number of nitro groups is 2. The van der Waals surface area contributed by atoms with Crippen LogP contribution in [0.25, 0.3) is 0 Å². The molecule has 0 aliphatic heterocycles. The molecule has 6 amide bonds. The number of hydrogen-bond acceptors (Lipinski definition) is 28. The third-order valence-corrected chi connectivity index (χ3v) is 18.7. The second-order valence-electron chi connectivity index (χ2n) is 26.4. The Labute approximate surface area is 735 Å². The van der Waals surface area contributed by atoms with E-state index < -0.39 is 158 Å². The van der Waals surface area contributed by atoms with Gasteiger partial charge in [0.1, 0.15) is 34.2 Å². The van der Waals surface area contributed by atoms with Crippen LogP contribution in [0, 0.1) is 95.8 Å². The zero-order valence-electron chi connectivity index (χ0n) is 66.1. The first kappa shape index (κ1) is 103. The molecule has 6 aromatic heterocycles. The van der Waals surface area contributed by atoms with Gasteiger partial charge in [-0.3, -0.25) is 77.8 Å². The molecular weight excluding hydrogens is 1830 g/mol. The van der Waals surface area contributed by atoms with E-state index in [1.54, 1.807) is 0 Å². The number of ether oxygens (including phenoxy) is 6. The van der Waals surface area contributed by atoms with Gasteiger partial charge in [-0.15, -0.1) is 0 Å². The molecule has 1 radical (unpaired) electrons. The fourth-order valence-corrected chi connectivity index (χ4v) is 12.5. The molecule has 0 aliphatic rings. The number of hydrogen-bond donors (Lipinski definition) is 6. The van der Waals surface area contributed by atoms with Crippen LogP contribution < -0.4 is 95.1 Å². The summed E-state index contributed by atoms with van der Waals surface area (Å²) in [5.41, 5.74) is -11.2. The molecule has 6 aromatic rings. The van der Waals surface area contributed by atoms with Crippen molar-refractivity contribution >= 4 is 35.4 Å². The summed E-state index contributed by atoms with van der Waals surface area (Å²) in [4.78, 5) is 175. The average Bonchev–Trinajstić information content (AvgIpc) is 0.842. The number of nitrogens with zero attached hydrogens (tertiary/aromatic N) is 8. The maximum absolute atomic E-state index is 13.1. The summed E-state index contributed by atoms with van der Waals surface area (Å²) in [5.74, 6) is -11.3. The predicted molar refractivity (Wildman–Crippen MR) is 401 cm³/mol. The first-order valence-electron chi connectivity index (χ1n) is 36.8. The van der Waals surface area contributed by atoms with Gasteiger partial charge in [-0.25, -0.2) is 0 Å². The van der Waals surface area contributed by atoms with Crippen LogP contribution in [0.5, 0.6) is 34.5 Å². The SMILES string of the molecule is COCCn1ccc(=O)c([O-])c1C(=O)NCCCC(CCCNC(=O)c1c([O-])c(=O)ccn1CCOC)(CCCNC(=O)c1c([O-])c(=O)ccn1CCOC)[N+](=O)[O-].COCCn1ccc(=O)c([O-])c1C(=O)NCCCC(CCCNC(=O)c1c([O-])c(=O)ccn1CCOC)(CCCNC(=O)c1c([O-])c(=O)ccn1CCOC)[N+](=O)[O-].[Gd+3].[La+3]. The quantitative estimate of drug-likeness (QED) is 0.0123. The van der Waals surface area contributed by atoms with Crippen molar-refractivity contribution in [2.75, 3.05) is 122 Å². The van der Waals surface area contributed by atoms with E-state index >= 15 is 0 Å². The Bertz CT molecular complexity index is 4020. The second-order valence-corrected chi connectivity index (χ2v) is 26.4. The zero-order valence-corrected chi connectivity index (χ0v) is 72.0. The minimum atomic E-state index is -1.69. The number of nitrogens with one attached hydrogen (secondary N) is 6. The fraction of sp³-hybridized carbons (Fsp3) is 0.514. The normalized spacial score (nSPS) is 11.1. The Morgan fingerprint density at radius 1 is 0.305 bits per heavy atom. The van der Waals surface area contributed by atoms with Gasteiger partial charge >= 0.3 is 75.5 Å². The van der Waals surface area contributed by atoms with Crippen LogP contribution in [0.3, 0.4) is 0 Å². The molecule has 6 rings (SSSR count). The average molecular weight is 1930 g/mol. The Hall–Kier alpha value is -9.60. The summed E-state index contributed by atoms with van der Waals surface area (Å²) in [6.45, 7) is 0.663. The van der Waals surface area contributed by atoms with Gasteiger partial charge in [-0.2, -0.15) is 0 Å². The Balaban J connectivity index is 0.000000600. The molecule has 0 aliphatic carbocycles. The molecule has 0 unspecified atom stereocenters. The van der Waals surface area contributed by atoms with Crippen LogP contribution in [0.15, 0.2) is 102 Å². The van der Waals surface area contributed by atoms with Crippen molar-refractivity contribution in [3.63, 3.8) is 0 Å². The summed E-state index contributed by atoms with van der Waals surface area (Å²) < 4.78 is 37.7. The van der Waals surface area contributed by atoms with Crippen molar-refractivity contribution in [2.45, 2.75) is 127 Å². The van der Waals surface area contributed by atoms with E-state index in [-0.39, 0.29) is 271 Å². The van der Waals surface area contributed by atoms with Gasteiger partial charge in [0.25, 0.3) is 35.4 Å². The van der Waals surface area contributed by atoms with E-state index in [4.69, 9.17) is 28.4 Å². The molecule has 44 heteroatoms. The van der Waals surface area contributed by atoms with Gasteiger partial charge in [0, 0.05) is 243 Å². The minimum absolute atomic E-state index is 0. The minimum Gasteiger partial charge on any atom is -0.868 e. The van der Waals surface area contributed by atoms with Crippen molar-refractivity contribution in [1.29, 1.82) is 0 Å². The number of rotatable bonds is 50. The number of methoxy groups -OCH3 is 6. The molecule has 0 fully saturated rings. The van der Waals surface area contributed by atoms with Crippen LogP contribution in [-0.4, -0.2) is 205 Å². The van der Waals surface area contributed by atoms with Crippen LogP contribution in [0.2, 0.25) is 0 Å². The first-order valence-corrected chi connectivity index (χ1v) is 36.8. The first-order chi connectivity index (χ1) is 55.4. The standard InChI is InChI=1S/2C37H51N7O14.Gd.La/c2*1-56-22-19-41-16-7-25(45)31(48)28(41)34(51)38-13-4-10-37(44(54)55,11-5-14-39-35(52)29-32(49)26(46)8-17-42(29)20-23-57-2)12-6-15-40-36(53)30-33(50)27(47)9-18-43(30)21-24-58-3;;/h2*7-9,16-18,48-50H,4-6,10-15,19-24H2,1-3H3,(H,38,51)(H,39,52)(H,40,53);;/q;;2*+3/p-6. The monoisotopic (exact) mass is 1930 g/mol. The predicted octanol–water partition coefficient (Wildman–Crippen LogP) is -3.44. The Morgan fingerprint density at radius 2 is 0.441 bits per heavy atom. The van der Waals surface area contributed by atoms with E-state index in [2.05, 4.69) is 31.9 Å². The molecule has 0 saturated carbocycles. The number of carbonyl (C=O) groups excluding carboxylic acids is 6. The summed E-state index contributed by atoms with van der Waals surface area (Å²) in [6.07, 6.45) is 7.12. The van der Waals surface area contributed by atoms with Gasteiger partial charge in [0.15, 0.2) is 32.6 Å². The van der Waals surface area contributed by atoms with Gasteiger partial charge in [-0.05, 0) is 73.0 Å². The van der Waals surface area contributed by atoms with Gasteiger partial charge in [0.2, 0.25) is 11.1 Å². The van der Waals surface area contributed by atoms with Crippen molar-refractivity contribution < 1.29 is 173 Å². The van der Waals surface area contributed by atoms with Gasteiger partial charge in [-0.1, -0.05) is 0 Å². The van der Waals surface area contributed by atoms with E-state index in [0.717, 1.165) is 36.4 Å². The molecule has 0 bridgehead atoms. The van der Waals surface area contributed by atoms with Crippen LogP contribution in [0.4, 0.5) is 0 Å². The summed E-state index contributed by atoms with van der Waals surface area (Å²) in [7, 11) is 8.54. The zero-order chi connectivity index (χ0) is 85.7. The maximum Gasteiger partial charge on any atom is 3.00 e. The van der Waals surface area contributed by atoms with E-state index in [1.807, 2.05) is 0 Å². The number of carbonyl (C=O) groups is 6. The molecule has 641 valence electrons. The largest absolute Gasteiger partial charge is 3.00 e. The molecule has 118 heavy (non-hydrogen) atoms. The molecule has 6 heterocycles. The third-order valence-electron chi connectivity index (χ3n) is 18.7. The number of amides is 6. The van der Waals surface area contributed by atoms with Crippen molar-refractivity contribution in [3.8, 4) is 34.5 Å². The second kappa shape index (κ2) is 52.3. The van der Waals surface area contributed by atoms with E-state index in [0.29, 0.717) is 0 Å². The van der Waals surface area contributed by atoms with Gasteiger partial charge in [0.05, 0.1) is 39.6 Å². The van der Waals surface area contributed by atoms with E-state index in [9.17, 15) is 108 Å². The maximum atomic E-state index is 13.1. The Morgan fingerprint density at radius 3 is 0.559 bits per heavy atom. The Kier molecular flexibility index (Phi) is 45.5. The summed E-state index contributed by atoms with van der Waals surface area (Å²) in [6, 6.07) is 6.19. The van der Waals surface area contributed by atoms with Crippen LogP contribution in [-0.2, 0) is 67.7 Å². The topological polar surface area (TPSA) is 587 Å². The molecule has 0 atom stereocenters. The number of aromatic nitrogens is 6. The number of pyridine rings is 6. The third kappa shape index (κ3) is 29.4. The van der Waals surface area contributed by atoms with Crippen LogP contribution >= 0.6 is 0 Å². The molecule has 0 spiro atoms. The molecule has 0 saturated heterocycles. The van der Waals surface area contributed by atoms with Gasteiger partial charge < -0.3 is 118 Å². The smallest absolute Gasteiger partial charge is 0.868 e. The fourth-order valence-electron chi connectivity index (χ4n) is 12.5. The van der Waals surface area contributed by atoms with Crippen LogP contribution in [0.1, 0.15) is 140 Å². The molecule has 42 nitrogen and oxygen atoms in total. The molecule has 0 aromatic carbocycles. The summed E-state index contributed by atoms with van der Waals surface area (Å²) >= 11 is 0. The molecule has 6 N–H and O–H groups in total. The van der Waals surface area contributed by atoms with Crippen molar-refractivity contribution in [3.05, 3.63) is 189 Å². The molecular formula is C74H96GdLaN14O28.